The third kappa shape index (κ3) is 2.66. The van der Waals surface area contributed by atoms with Gasteiger partial charge in [0.05, 0.1) is 24.9 Å². The third-order valence-electron chi connectivity index (χ3n) is 4.34. The highest BCUT2D eigenvalue weighted by Crippen LogP contribution is 2.35. The number of amides is 1. The van der Waals surface area contributed by atoms with Crippen molar-refractivity contribution in [2.75, 3.05) is 6.54 Å². The van der Waals surface area contributed by atoms with E-state index in [2.05, 4.69) is 10.5 Å². The Morgan fingerprint density at radius 1 is 1.50 bits per heavy atom. The Kier molecular flexibility index (Phi) is 3.78. The van der Waals surface area contributed by atoms with Crippen LogP contribution in [0, 0.1) is 13.8 Å². The van der Waals surface area contributed by atoms with E-state index < -0.39 is 5.60 Å². The molecule has 0 aliphatic heterocycles. The van der Waals surface area contributed by atoms with Gasteiger partial charge in [0.1, 0.15) is 17.1 Å². The van der Waals surface area contributed by atoms with E-state index in [0.29, 0.717) is 12.2 Å². The van der Waals surface area contributed by atoms with E-state index in [1.807, 2.05) is 6.92 Å². The largest absolute Gasteiger partial charge is 0.469 e. The summed E-state index contributed by atoms with van der Waals surface area (Å²) in [5.74, 6) is 1.31. The monoisotopic (exact) mass is 304 g/mol. The van der Waals surface area contributed by atoms with Crippen LogP contribution in [0.1, 0.15) is 41.2 Å². The first kappa shape index (κ1) is 14.8. The fourth-order valence-electron chi connectivity index (χ4n) is 3.03. The Morgan fingerprint density at radius 2 is 2.32 bits per heavy atom. The number of hydrogen-bond donors (Lipinski definition) is 2. The van der Waals surface area contributed by atoms with E-state index in [4.69, 9.17) is 8.94 Å². The Hall–Kier alpha value is -2.08. The molecule has 2 heterocycles. The van der Waals surface area contributed by atoms with Crippen LogP contribution in [-0.4, -0.2) is 22.7 Å². The predicted octanol–water partition coefficient (Wildman–Crippen LogP) is 1.77. The van der Waals surface area contributed by atoms with Gasteiger partial charge in [-0.05, 0) is 32.8 Å². The van der Waals surface area contributed by atoms with E-state index in [-0.39, 0.29) is 18.9 Å². The second kappa shape index (κ2) is 5.61. The van der Waals surface area contributed by atoms with Crippen LogP contribution in [0.25, 0.3) is 0 Å². The normalized spacial score (nSPS) is 20.7. The van der Waals surface area contributed by atoms with Gasteiger partial charge in [-0.3, -0.25) is 4.79 Å². The van der Waals surface area contributed by atoms with Gasteiger partial charge in [0.15, 0.2) is 0 Å². The number of carbonyl (C=O) groups excluding carboxylic acids is 1. The van der Waals surface area contributed by atoms with E-state index in [9.17, 15) is 9.90 Å². The highest BCUT2D eigenvalue weighted by molar-refractivity contribution is 5.79. The van der Waals surface area contributed by atoms with E-state index in [1.54, 1.807) is 19.3 Å². The summed E-state index contributed by atoms with van der Waals surface area (Å²) in [7, 11) is 0. The molecule has 2 N–H and O–H groups in total. The molecule has 22 heavy (non-hydrogen) atoms. The molecular weight excluding hydrogens is 284 g/mol. The zero-order valence-electron chi connectivity index (χ0n) is 12.8. The predicted molar refractivity (Wildman–Crippen MR) is 78.2 cm³/mol. The number of fused-ring (bicyclic) bond motifs is 1. The molecule has 1 amide bonds. The molecule has 1 aliphatic carbocycles. The van der Waals surface area contributed by atoms with E-state index >= 15 is 0 Å². The van der Waals surface area contributed by atoms with Crippen LogP contribution >= 0.6 is 0 Å². The summed E-state index contributed by atoms with van der Waals surface area (Å²) in [5, 5.41) is 17.4. The number of carbonyl (C=O) groups is 1. The molecule has 0 bridgehead atoms. The average Bonchev–Trinajstić information content (AvgIpc) is 3.08. The molecule has 0 aromatic carbocycles. The van der Waals surface area contributed by atoms with Crippen molar-refractivity contribution >= 4 is 5.91 Å². The van der Waals surface area contributed by atoms with Crippen molar-refractivity contribution in [3.63, 3.8) is 0 Å². The maximum atomic E-state index is 12.1. The maximum Gasteiger partial charge on any atom is 0.224 e. The lowest BCUT2D eigenvalue weighted by atomic mass is 9.83. The molecule has 2 aromatic rings. The Balaban J connectivity index is 1.65. The van der Waals surface area contributed by atoms with Gasteiger partial charge in [-0.1, -0.05) is 5.16 Å². The van der Waals surface area contributed by atoms with Crippen molar-refractivity contribution in [2.45, 2.75) is 45.1 Å². The molecule has 1 aliphatic rings. The number of nitrogens with zero attached hydrogens (tertiary/aromatic N) is 1. The molecule has 3 rings (SSSR count). The van der Waals surface area contributed by atoms with Gasteiger partial charge in [-0.25, -0.2) is 0 Å². The maximum absolute atomic E-state index is 12.1. The Bertz CT molecular complexity index is 669. The molecule has 0 fully saturated rings. The van der Waals surface area contributed by atoms with Gasteiger partial charge in [-0.15, -0.1) is 0 Å². The molecule has 0 saturated heterocycles. The minimum absolute atomic E-state index is 0.154. The van der Waals surface area contributed by atoms with Crippen LogP contribution in [0.2, 0.25) is 0 Å². The summed E-state index contributed by atoms with van der Waals surface area (Å²) in [6, 6.07) is 1.79. The summed E-state index contributed by atoms with van der Waals surface area (Å²) < 4.78 is 10.4. The van der Waals surface area contributed by atoms with Crippen molar-refractivity contribution in [3.8, 4) is 0 Å². The fraction of sp³-hybridized carbons (Fsp3) is 0.500. The van der Waals surface area contributed by atoms with Crippen LogP contribution in [0.5, 0.6) is 0 Å². The van der Waals surface area contributed by atoms with Crippen molar-refractivity contribution in [1.82, 2.24) is 10.5 Å². The number of aryl methyl sites for hydroxylation is 3. The van der Waals surface area contributed by atoms with Crippen molar-refractivity contribution < 1.29 is 18.8 Å². The van der Waals surface area contributed by atoms with Gasteiger partial charge in [0.25, 0.3) is 0 Å². The summed E-state index contributed by atoms with van der Waals surface area (Å²) >= 11 is 0. The molecular formula is C16H20N2O4. The van der Waals surface area contributed by atoms with Crippen LogP contribution in [0.4, 0.5) is 0 Å². The number of furan rings is 1. The Morgan fingerprint density at radius 3 is 3.05 bits per heavy atom. The number of hydrogen-bond acceptors (Lipinski definition) is 5. The van der Waals surface area contributed by atoms with Crippen LogP contribution in [-0.2, 0) is 23.2 Å². The molecule has 6 heteroatoms. The topological polar surface area (TPSA) is 88.5 Å². The second-order valence-electron chi connectivity index (χ2n) is 5.90. The lowest BCUT2D eigenvalue weighted by molar-refractivity contribution is -0.122. The number of aliphatic hydroxyl groups is 1. The highest BCUT2D eigenvalue weighted by atomic mass is 16.5. The Labute approximate surface area is 128 Å². The minimum Gasteiger partial charge on any atom is -0.469 e. The zero-order chi connectivity index (χ0) is 15.7. The lowest BCUT2D eigenvalue weighted by Crippen LogP contribution is -2.43. The standard InChI is InChI=1S/C16H20N2O4/c1-10-12(11(2)22-18-10)8-15(19)17-9-16(20)6-3-4-14-13(16)5-7-21-14/h5,7,20H,3-4,6,8-9H2,1-2H3,(H,17,19). The summed E-state index contributed by atoms with van der Waals surface area (Å²) in [5.41, 5.74) is 1.27. The smallest absolute Gasteiger partial charge is 0.224 e. The first-order valence-corrected chi connectivity index (χ1v) is 7.47. The second-order valence-corrected chi connectivity index (χ2v) is 5.90. The molecule has 2 aromatic heterocycles. The molecule has 0 radical (unpaired) electrons. The number of rotatable bonds is 4. The summed E-state index contributed by atoms with van der Waals surface area (Å²) in [4.78, 5) is 12.1. The van der Waals surface area contributed by atoms with Gasteiger partial charge >= 0.3 is 0 Å². The van der Waals surface area contributed by atoms with Gasteiger partial charge in [0, 0.05) is 17.5 Å². The van der Waals surface area contributed by atoms with Gasteiger partial charge in [-0.2, -0.15) is 0 Å². The van der Waals surface area contributed by atoms with Crippen LogP contribution in [0.3, 0.4) is 0 Å². The quantitative estimate of drug-likeness (QED) is 0.898. The zero-order valence-corrected chi connectivity index (χ0v) is 12.8. The van der Waals surface area contributed by atoms with Gasteiger partial charge < -0.3 is 19.4 Å². The van der Waals surface area contributed by atoms with Crippen LogP contribution < -0.4 is 5.32 Å². The lowest BCUT2D eigenvalue weighted by Gasteiger charge is -2.31. The van der Waals surface area contributed by atoms with Crippen LogP contribution in [0.15, 0.2) is 21.3 Å². The highest BCUT2D eigenvalue weighted by Gasteiger charge is 2.36. The summed E-state index contributed by atoms with van der Waals surface area (Å²) in [6.07, 6.45) is 4.09. The number of aromatic nitrogens is 1. The first-order chi connectivity index (χ1) is 10.5. The SMILES string of the molecule is Cc1noc(C)c1CC(=O)NCC1(O)CCCc2occc21. The molecule has 1 atom stereocenters. The average molecular weight is 304 g/mol. The number of nitrogens with one attached hydrogen (secondary N) is 1. The van der Waals surface area contributed by atoms with Gasteiger partial charge in [0.2, 0.25) is 5.91 Å². The van der Waals surface area contributed by atoms with E-state index in [1.165, 1.54) is 0 Å². The fourth-order valence-corrected chi connectivity index (χ4v) is 3.03. The van der Waals surface area contributed by atoms with E-state index in [0.717, 1.165) is 35.4 Å². The summed E-state index contributed by atoms with van der Waals surface area (Å²) in [6.45, 7) is 3.78. The molecule has 0 spiro atoms. The van der Waals surface area contributed by atoms with Crippen molar-refractivity contribution in [2.24, 2.45) is 0 Å². The molecule has 1 unspecified atom stereocenters. The molecule has 6 nitrogen and oxygen atoms in total. The molecule has 118 valence electrons. The minimum atomic E-state index is -1.05. The first-order valence-electron chi connectivity index (χ1n) is 7.47. The third-order valence-corrected chi connectivity index (χ3v) is 4.34. The molecule has 0 saturated carbocycles. The van der Waals surface area contributed by atoms with Crippen molar-refractivity contribution in [1.29, 1.82) is 0 Å². The van der Waals surface area contributed by atoms with Crippen molar-refractivity contribution in [3.05, 3.63) is 40.7 Å².